The quantitative estimate of drug-likeness (QED) is 0.636. The highest BCUT2D eigenvalue weighted by Gasteiger charge is 2.49. The number of likely N-dealkylation sites (tertiary alicyclic amines) is 1. The van der Waals surface area contributed by atoms with Gasteiger partial charge in [-0.25, -0.2) is 0 Å². The lowest BCUT2D eigenvalue weighted by atomic mass is 9.69. The van der Waals surface area contributed by atoms with Gasteiger partial charge in [0.15, 0.2) is 0 Å². The van der Waals surface area contributed by atoms with E-state index >= 15 is 0 Å². The van der Waals surface area contributed by atoms with Crippen LogP contribution in [-0.4, -0.2) is 64.1 Å². The summed E-state index contributed by atoms with van der Waals surface area (Å²) < 4.78 is 1.46. The van der Waals surface area contributed by atoms with Crippen molar-refractivity contribution in [2.45, 2.75) is 64.5 Å². The number of rotatable bonds is 7. The van der Waals surface area contributed by atoms with E-state index in [9.17, 15) is 19.5 Å². The van der Waals surface area contributed by atoms with E-state index in [0.29, 0.717) is 43.0 Å². The van der Waals surface area contributed by atoms with Gasteiger partial charge in [0.1, 0.15) is 0 Å². The molecule has 0 radical (unpaired) electrons. The van der Waals surface area contributed by atoms with Crippen molar-refractivity contribution in [2.24, 2.45) is 11.3 Å². The van der Waals surface area contributed by atoms with Gasteiger partial charge in [-0.2, -0.15) is 0 Å². The molecule has 1 N–H and O–H groups in total. The zero-order valence-electron chi connectivity index (χ0n) is 22.0. The molecule has 0 unspecified atom stereocenters. The van der Waals surface area contributed by atoms with Crippen molar-refractivity contribution in [3.8, 4) is 11.1 Å². The van der Waals surface area contributed by atoms with E-state index in [2.05, 4.69) is 0 Å². The fourth-order valence-corrected chi connectivity index (χ4v) is 5.38. The van der Waals surface area contributed by atoms with Crippen LogP contribution in [0.2, 0.25) is 0 Å². The summed E-state index contributed by atoms with van der Waals surface area (Å²) in [6, 6.07) is 10.9. The molecular weight excluding hydrogens is 454 g/mol. The fourth-order valence-electron chi connectivity index (χ4n) is 5.38. The molecule has 7 nitrogen and oxygen atoms in total. The van der Waals surface area contributed by atoms with Crippen LogP contribution in [0.4, 0.5) is 0 Å². The molecule has 2 aliphatic rings. The van der Waals surface area contributed by atoms with E-state index in [-0.39, 0.29) is 23.9 Å². The van der Waals surface area contributed by atoms with E-state index in [1.165, 1.54) is 34.8 Å². The first-order valence-corrected chi connectivity index (χ1v) is 13.0. The number of pyridine rings is 1. The topological polar surface area (TPSA) is 82.8 Å². The number of benzene rings is 1. The number of piperidine rings is 1. The third kappa shape index (κ3) is 5.26. The van der Waals surface area contributed by atoms with Crippen LogP contribution < -0.4 is 5.56 Å². The molecule has 1 saturated heterocycles. The first-order valence-electron chi connectivity index (χ1n) is 13.0. The first-order chi connectivity index (χ1) is 17.0. The second kappa shape index (κ2) is 10.2. The number of aliphatic hydroxyl groups is 1. The molecular formula is C29H39N3O4. The van der Waals surface area contributed by atoms with Gasteiger partial charge in [-0.15, -0.1) is 0 Å². The van der Waals surface area contributed by atoms with Gasteiger partial charge in [0.05, 0.1) is 17.7 Å². The summed E-state index contributed by atoms with van der Waals surface area (Å²) in [5, 5.41) is 11.8. The Hall–Kier alpha value is -2.93. The second-order valence-electron chi connectivity index (χ2n) is 11.4. The standard InChI is InChI=1S/C29H39N3O4/c1-28(2)19-31(25(33)14-13-21-9-8-10-21)16-15-29(28,36)20-32-18-24(27(35)30(3)4)23(17-26(32)34)22-11-6-5-7-12-22/h5-7,11-12,17-18,21,36H,8-10,13-16,19-20H2,1-4H3/t29-/m1/s1. The number of nitrogens with zero attached hydrogens (tertiary/aromatic N) is 3. The van der Waals surface area contributed by atoms with Crippen LogP contribution in [0.3, 0.4) is 0 Å². The second-order valence-corrected chi connectivity index (χ2v) is 11.4. The predicted octanol–water partition coefficient (Wildman–Crippen LogP) is 3.79. The molecule has 1 aliphatic heterocycles. The zero-order valence-corrected chi connectivity index (χ0v) is 22.0. The number of hydrogen-bond donors (Lipinski definition) is 1. The Morgan fingerprint density at radius 2 is 1.83 bits per heavy atom. The maximum atomic E-state index is 13.2. The van der Waals surface area contributed by atoms with Gasteiger partial charge in [0.25, 0.3) is 11.5 Å². The van der Waals surface area contributed by atoms with Crippen molar-refractivity contribution in [3.63, 3.8) is 0 Å². The summed E-state index contributed by atoms with van der Waals surface area (Å²) in [5.41, 5.74) is -0.314. The number of carbonyl (C=O) groups excluding carboxylic acids is 2. The van der Waals surface area contributed by atoms with Crippen LogP contribution in [0.25, 0.3) is 11.1 Å². The van der Waals surface area contributed by atoms with Crippen molar-refractivity contribution in [2.75, 3.05) is 27.2 Å². The van der Waals surface area contributed by atoms with Crippen molar-refractivity contribution in [1.82, 2.24) is 14.4 Å². The minimum Gasteiger partial charge on any atom is -0.387 e. The molecule has 1 saturated carbocycles. The third-order valence-electron chi connectivity index (χ3n) is 8.26. The molecule has 7 heteroatoms. The average molecular weight is 494 g/mol. The highest BCUT2D eigenvalue weighted by Crippen LogP contribution is 2.40. The maximum absolute atomic E-state index is 13.2. The van der Waals surface area contributed by atoms with Crippen LogP contribution in [0.5, 0.6) is 0 Å². The molecule has 2 amide bonds. The molecule has 2 aromatic rings. The Bertz CT molecular complexity index is 1170. The molecule has 36 heavy (non-hydrogen) atoms. The van der Waals surface area contributed by atoms with E-state index in [1.54, 1.807) is 20.3 Å². The summed E-state index contributed by atoms with van der Waals surface area (Å²) in [5.74, 6) is 0.634. The Balaban J connectivity index is 1.57. The van der Waals surface area contributed by atoms with Crippen molar-refractivity contribution in [1.29, 1.82) is 0 Å². The number of hydrogen-bond acceptors (Lipinski definition) is 4. The fraction of sp³-hybridized carbons (Fsp3) is 0.552. The third-order valence-corrected chi connectivity index (χ3v) is 8.26. The van der Waals surface area contributed by atoms with Crippen molar-refractivity contribution in [3.05, 3.63) is 58.5 Å². The van der Waals surface area contributed by atoms with Crippen LogP contribution in [0.15, 0.2) is 47.4 Å². The maximum Gasteiger partial charge on any atom is 0.255 e. The lowest BCUT2D eigenvalue weighted by molar-refractivity contribution is -0.154. The van der Waals surface area contributed by atoms with Crippen LogP contribution in [-0.2, 0) is 11.3 Å². The van der Waals surface area contributed by atoms with E-state index in [4.69, 9.17) is 0 Å². The molecule has 0 bridgehead atoms. The lowest BCUT2D eigenvalue weighted by Gasteiger charge is -2.50. The number of carbonyl (C=O) groups is 2. The molecule has 1 aromatic heterocycles. The Labute approximate surface area is 213 Å². The van der Waals surface area contributed by atoms with Gasteiger partial charge in [0, 0.05) is 56.8 Å². The van der Waals surface area contributed by atoms with Gasteiger partial charge < -0.3 is 19.5 Å². The summed E-state index contributed by atoms with van der Waals surface area (Å²) in [6.45, 7) is 4.87. The summed E-state index contributed by atoms with van der Waals surface area (Å²) in [4.78, 5) is 42.5. The monoisotopic (exact) mass is 493 g/mol. The van der Waals surface area contributed by atoms with Crippen molar-refractivity contribution >= 4 is 11.8 Å². The van der Waals surface area contributed by atoms with E-state index in [0.717, 1.165) is 12.0 Å². The van der Waals surface area contributed by atoms with Crippen LogP contribution in [0, 0.1) is 11.3 Å². The normalized spacial score (nSPS) is 21.6. The average Bonchev–Trinajstić information content (AvgIpc) is 2.81. The largest absolute Gasteiger partial charge is 0.387 e. The molecule has 1 atom stereocenters. The molecule has 2 heterocycles. The van der Waals surface area contributed by atoms with Gasteiger partial charge in [-0.1, -0.05) is 63.4 Å². The SMILES string of the molecule is CN(C)C(=O)c1cn(C[C@]2(O)CCN(C(=O)CCC3CCC3)CC2(C)C)c(=O)cc1-c1ccccc1. The van der Waals surface area contributed by atoms with Gasteiger partial charge in [-0.05, 0) is 24.3 Å². The minimum atomic E-state index is -1.20. The molecule has 1 aromatic carbocycles. The summed E-state index contributed by atoms with van der Waals surface area (Å²) >= 11 is 0. The number of amides is 2. The molecule has 0 spiro atoms. The van der Waals surface area contributed by atoms with Crippen molar-refractivity contribution < 1.29 is 14.7 Å². The zero-order chi connectivity index (χ0) is 26.1. The predicted molar refractivity (Wildman–Crippen MR) is 141 cm³/mol. The molecule has 2 fully saturated rings. The van der Waals surface area contributed by atoms with Crippen LogP contribution in [0.1, 0.15) is 62.7 Å². The van der Waals surface area contributed by atoms with E-state index < -0.39 is 11.0 Å². The minimum absolute atomic E-state index is 0.0612. The Kier molecular flexibility index (Phi) is 7.41. The smallest absolute Gasteiger partial charge is 0.255 e. The number of aromatic nitrogens is 1. The van der Waals surface area contributed by atoms with E-state index in [1.807, 2.05) is 49.1 Å². The lowest BCUT2D eigenvalue weighted by Crippen LogP contribution is -2.60. The summed E-state index contributed by atoms with van der Waals surface area (Å²) in [7, 11) is 3.36. The van der Waals surface area contributed by atoms with Gasteiger partial charge >= 0.3 is 0 Å². The Morgan fingerprint density at radius 1 is 1.14 bits per heavy atom. The van der Waals surface area contributed by atoms with Gasteiger partial charge in [0.2, 0.25) is 5.91 Å². The summed E-state index contributed by atoms with van der Waals surface area (Å²) in [6.07, 6.45) is 7.21. The van der Waals surface area contributed by atoms with Gasteiger partial charge in [-0.3, -0.25) is 14.4 Å². The molecule has 4 rings (SSSR count). The van der Waals surface area contributed by atoms with Crippen LogP contribution >= 0.6 is 0 Å². The highest BCUT2D eigenvalue weighted by atomic mass is 16.3. The highest BCUT2D eigenvalue weighted by molar-refractivity contribution is 6.00. The first kappa shape index (κ1) is 26.1. The Morgan fingerprint density at radius 3 is 2.42 bits per heavy atom. The molecule has 1 aliphatic carbocycles. The molecule has 194 valence electrons.